The molecule has 4 aromatic rings. The van der Waals surface area contributed by atoms with E-state index in [0.717, 1.165) is 0 Å². The van der Waals surface area contributed by atoms with Crippen molar-refractivity contribution in [1.82, 2.24) is 5.01 Å². The van der Waals surface area contributed by atoms with Crippen LogP contribution < -0.4 is 0 Å². The summed E-state index contributed by atoms with van der Waals surface area (Å²) < 4.78 is 13.8. The van der Waals surface area contributed by atoms with Crippen LogP contribution in [0.4, 0.5) is 10.1 Å². The Kier molecular flexibility index (Phi) is 5.34. The summed E-state index contributed by atoms with van der Waals surface area (Å²) in [5, 5.41) is 17.6. The van der Waals surface area contributed by atoms with E-state index in [0.29, 0.717) is 16.7 Å². The molecule has 41 heavy (non-hydrogen) atoms. The molecule has 1 fully saturated rings. The van der Waals surface area contributed by atoms with Crippen molar-refractivity contribution in [2.75, 3.05) is 0 Å². The van der Waals surface area contributed by atoms with Crippen LogP contribution in [0.25, 0.3) is 0 Å². The molecule has 1 spiro atoms. The normalized spacial score (nSPS) is 21.5. The van der Waals surface area contributed by atoms with Crippen LogP contribution in [0.3, 0.4) is 0 Å². The molecule has 7 rings (SSSR count). The van der Waals surface area contributed by atoms with E-state index in [2.05, 4.69) is 5.10 Å². The first-order valence-corrected chi connectivity index (χ1v) is 13.0. The highest BCUT2D eigenvalue weighted by molar-refractivity contribution is 6.31. The number of non-ortho nitro benzene ring substituents is 1. The first kappa shape index (κ1) is 24.7. The van der Waals surface area contributed by atoms with Gasteiger partial charge in [-0.05, 0) is 41.0 Å². The third-order valence-corrected chi connectivity index (χ3v) is 8.44. The van der Waals surface area contributed by atoms with Gasteiger partial charge in [-0.15, -0.1) is 0 Å². The molecule has 2 aliphatic heterocycles. The number of ketones is 3. The van der Waals surface area contributed by atoms with Gasteiger partial charge in [0.15, 0.2) is 17.3 Å². The van der Waals surface area contributed by atoms with Crippen LogP contribution in [0.2, 0.25) is 0 Å². The van der Waals surface area contributed by atoms with Crippen molar-refractivity contribution < 1.29 is 23.7 Å². The molecule has 0 saturated carbocycles. The highest BCUT2D eigenvalue weighted by atomic mass is 19.1. The zero-order valence-electron chi connectivity index (χ0n) is 21.3. The summed E-state index contributed by atoms with van der Waals surface area (Å²) in [6.45, 7) is 0. The fourth-order valence-corrected chi connectivity index (χ4v) is 6.74. The number of fused-ring (bicyclic) bond motifs is 5. The predicted molar refractivity (Wildman–Crippen MR) is 147 cm³/mol. The minimum atomic E-state index is -1.80. The van der Waals surface area contributed by atoms with Crippen LogP contribution in [0.15, 0.2) is 102 Å². The van der Waals surface area contributed by atoms with E-state index in [1.165, 1.54) is 53.5 Å². The van der Waals surface area contributed by atoms with Gasteiger partial charge in [0.2, 0.25) is 0 Å². The Balaban J connectivity index is 1.54. The molecule has 8 nitrogen and oxygen atoms in total. The number of Topliss-reactive ketones (excluding diaryl/α,β-unsaturated/α-hetero) is 3. The van der Waals surface area contributed by atoms with Gasteiger partial charge < -0.3 is 0 Å². The third kappa shape index (κ3) is 3.32. The SMILES string of the molecule is O=C(c1ccc(F)cc1)[C@@H]1[C@@H](c2ccc([N+](=O)[O-])cc2)C2(C(=O)c3ccccc3C2=O)C2c3ccccc3C=NN21. The maximum Gasteiger partial charge on any atom is 0.269 e. The largest absolute Gasteiger partial charge is 0.293 e. The summed E-state index contributed by atoms with van der Waals surface area (Å²) in [7, 11) is 0. The van der Waals surface area contributed by atoms with Gasteiger partial charge in [0.25, 0.3) is 5.69 Å². The Morgan fingerprint density at radius 2 is 1.46 bits per heavy atom. The van der Waals surface area contributed by atoms with Crippen LogP contribution in [0.5, 0.6) is 0 Å². The van der Waals surface area contributed by atoms with Crippen LogP contribution in [-0.4, -0.2) is 39.5 Å². The van der Waals surface area contributed by atoms with E-state index >= 15 is 0 Å². The van der Waals surface area contributed by atoms with Crippen LogP contribution in [0.1, 0.15) is 59.7 Å². The van der Waals surface area contributed by atoms with Gasteiger partial charge in [0.05, 0.1) is 17.2 Å². The van der Waals surface area contributed by atoms with Crippen molar-refractivity contribution in [3.63, 3.8) is 0 Å². The van der Waals surface area contributed by atoms with Crippen LogP contribution in [0, 0.1) is 21.3 Å². The topological polar surface area (TPSA) is 110 Å². The van der Waals surface area contributed by atoms with Crippen LogP contribution in [-0.2, 0) is 0 Å². The quantitative estimate of drug-likeness (QED) is 0.144. The molecule has 3 atom stereocenters. The summed E-state index contributed by atoms with van der Waals surface area (Å²) in [6.07, 6.45) is 1.60. The monoisotopic (exact) mass is 545 g/mol. The van der Waals surface area contributed by atoms with E-state index in [9.17, 15) is 28.9 Å². The summed E-state index contributed by atoms with van der Waals surface area (Å²) in [4.78, 5) is 54.5. The number of nitro benzene ring substituents is 1. The summed E-state index contributed by atoms with van der Waals surface area (Å²) in [5.41, 5.74) is 0.512. The molecule has 1 aliphatic carbocycles. The highest BCUT2D eigenvalue weighted by Crippen LogP contribution is 2.64. The number of nitro groups is 1. The third-order valence-electron chi connectivity index (χ3n) is 8.44. The zero-order valence-corrected chi connectivity index (χ0v) is 21.3. The van der Waals surface area contributed by atoms with Gasteiger partial charge in [0, 0.05) is 34.7 Å². The molecule has 0 N–H and O–H groups in total. The molecule has 0 radical (unpaired) electrons. The lowest BCUT2D eigenvalue weighted by Crippen LogP contribution is -2.43. The molecule has 9 heteroatoms. The minimum Gasteiger partial charge on any atom is -0.293 e. The molecule has 3 aliphatic rings. The van der Waals surface area contributed by atoms with Crippen molar-refractivity contribution >= 4 is 29.3 Å². The van der Waals surface area contributed by atoms with E-state index < -0.39 is 51.5 Å². The maximum atomic E-state index is 14.6. The van der Waals surface area contributed by atoms with Gasteiger partial charge >= 0.3 is 0 Å². The number of rotatable bonds is 4. The average molecular weight is 546 g/mol. The summed E-state index contributed by atoms with van der Waals surface area (Å²) in [6, 6.07) is 22.4. The van der Waals surface area contributed by atoms with Gasteiger partial charge in [0.1, 0.15) is 17.3 Å². The average Bonchev–Trinajstić information content (AvgIpc) is 3.43. The number of halogens is 1. The molecule has 1 saturated heterocycles. The molecular weight excluding hydrogens is 525 g/mol. The van der Waals surface area contributed by atoms with Gasteiger partial charge in [-0.25, -0.2) is 4.39 Å². The molecular formula is C32H20FN3O5. The van der Waals surface area contributed by atoms with E-state index in [1.807, 2.05) is 18.2 Å². The van der Waals surface area contributed by atoms with Crippen molar-refractivity contribution in [2.45, 2.75) is 18.0 Å². The van der Waals surface area contributed by atoms with Gasteiger partial charge in [-0.2, -0.15) is 5.10 Å². The first-order chi connectivity index (χ1) is 19.8. The van der Waals surface area contributed by atoms with E-state index in [-0.39, 0.29) is 22.4 Å². The minimum absolute atomic E-state index is 0.171. The van der Waals surface area contributed by atoms with E-state index in [1.54, 1.807) is 36.5 Å². The Morgan fingerprint density at radius 1 is 0.854 bits per heavy atom. The predicted octanol–water partition coefficient (Wildman–Crippen LogP) is 5.54. The lowest BCUT2D eigenvalue weighted by atomic mass is 9.63. The smallest absolute Gasteiger partial charge is 0.269 e. The maximum absolute atomic E-state index is 14.6. The Morgan fingerprint density at radius 3 is 2.10 bits per heavy atom. The lowest BCUT2D eigenvalue weighted by molar-refractivity contribution is -0.384. The van der Waals surface area contributed by atoms with Gasteiger partial charge in [-0.3, -0.25) is 29.5 Å². The fraction of sp³-hybridized carbons (Fsp3) is 0.125. The molecule has 200 valence electrons. The number of hydrogen-bond donors (Lipinski definition) is 0. The summed E-state index contributed by atoms with van der Waals surface area (Å²) >= 11 is 0. The molecule has 0 bridgehead atoms. The second-order valence-corrected chi connectivity index (χ2v) is 10.4. The fourth-order valence-electron chi connectivity index (χ4n) is 6.74. The Bertz CT molecular complexity index is 1780. The Hall–Kier alpha value is -5.31. The molecule has 1 unspecified atom stereocenters. The highest BCUT2D eigenvalue weighted by Gasteiger charge is 2.72. The molecule has 2 heterocycles. The number of benzene rings is 4. The zero-order chi connectivity index (χ0) is 28.5. The van der Waals surface area contributed by atoms with Crippen molar-refractivity contribution in [2.24, 2.45) is 10.5 Å². The molecule has 0 amide bonds. The van der Waals surface area contributed by atoms with Crippen molar-refractivity contribution in [3.8, 4) is 0 Å². The summed E-state index contributed by atoms with van der Waals surface area (Å²) in [5.74, 6) is -2.91. The number of carbonyl (C=O) groups is 3. The lowest BCUT2D eigenvalue weighted by Gasteiger charge is -2.36. The number of hydrogen-bond acceptors (Lipinski definition) is 7. The molecule has 0 aromatic heterocycles. The molecule has 4 aromatic carbocycles. The number of carbonyl (C=O) groups excluding carboxylic acids is 3. The van der Waals surface area contributed by atoms with E-state index in [4.69, 9.17) is 0 Å². The van der Waals surface area contributed by atoms with Crippen molar-refractivity contribution in [1.29, 1.82) is 0 Å². The van der Waals surface area contributed by atoms with Crippen LogP contribution >= 0.6 is 0 Å². The second kappa shape index (κ2) is 8.85. The van der Waals surface area contributed by atoms with Gasteiger partial charge in [-0.1, -0.05) is 60.7 Å². The standard InChI is InChI=1S/C32H20FN3O5/c33-21-13-9-19(10-14-21)28(37)27-26(18-11-15-22(16-12-18)36(40)41)32(30(38)24-7-3-4-8-25(24)31(32)39)29-23-6-2-1-5-20(23)17-34-35(27)29/h1-17,26-27,29H/t26-,27+,29?/m1/s1. The number of hydrazone groups is 1. The Labute approximate surface area is 232 Å². The second-order valence-electron chi connectivity index (χ2n) is 10.4. The first-order valence-electron chi connectivity index (χ1n) is 13.0. The number of nitrogens with zero attached hydrogens (tertiary/aromatic N) is 3. The van der Waals surface area contributed by atoms with Crippen molar-refractivity contribution in [3.05, 3.63) is 146 Å².